The molecule has 3 heterocycles. The normalized spacial score (nSPS) is 25.7. The van der Waals surface area contributed by atoms with Crippen LogP contribution in [0.25, 0.3) is 0 Å². The van der Waals surface area contributed by atoms with Crippen LogP contribution in [0.3, 0.4) is 0 Å². The highest BCUT2D eigenvalue weighted by molar-refractivity contribution is 7.89. The molecule has 3 fully saturated rings. The Labute approximate surface area is 137 Å². The Kier molecular flexibility index (Phi) is 4.44. The highest BCUT2D eigenvalue weighted by atomic mass is 32.2. The number of likely N-dealkylation sites (N-methyl/N-ethyl adjacent to an activating group) is 1. The predicted octanol–water partition coefficient (Wildman–Crippen LogP) is 0.647. The van der Waals surface area contributed by atoms with Gasteiger partial charge in [-0.1, -0.05) is 12.1 Å². The van der Waals surface area contributed by atoms with Gasteiger partial charge >= 0.3 is 0 Å². The van der Waals surface area contributed by atoms with Gasteiger partial charge in [-0.05, 0) is 37.6 Å². The summed E-state index contributed by atoms with van der Waals surface area (Å²) in [7, 11) is -0.0816. The first-order valence-electron chi connectivity index (χ1n) is 7.92. The van der Waals surface area contributed by atoms with Crippen molar-refractivity contribution in [3.63, 3.8) is 0 Å². The first kappa shape index (κ1) is 16.4. The van der Waals surface area contributed by atoms with Crippen LogP contribution in [0.1, 0.15) is 18.4 Å². The predicted molar refractivity (Wildman–Crippen MR) is 87.2 cm³/mol. The molecule has 2 bridgehead atoms. The van der Waals surface area contributed by atoms with Crippen LogP contribution in [0.15, 0.2) is 29.2 Å². The largest absolute Gasteiger partial charge is 0.341 e. The van der Waals surface area contributed by atoms with E-state index in [1.165, 1.54) is 7.05 Å². The van der Waals surface area contributed by atoms with E-state index in [9.17, 15) is 13.2 Å². The van der Waals surface area contributed by atoms with Crippen LogP contribution in [0.5, 0.6) is 0 Å². The molecule has 3 saturated heterocycles. The van der Waals surface area contributed by atoms with Crippen molar-refractivity contribution in [2.45, 2.75) is 30.3 Å². The van der Waals surface area contributed by atoms with Crippen molar-refractivity contribution >= 4 is 15.9 Å². The maximum atomic E-state index is 12.2. The molecule has 3 aliphatic heterocycles. The van der Waals surface area contributed by atoms with E-state index in [2.05, 4.69) is 9.62 Å². The standard InChI is InChI=1S/C16H23N3O3S/c1-17-23(21,22)15-7-3-12(4-8-15)9-19-10-13-5-6-14(11-19)18(2)16(13)20/h3-4,7-8,13-14,17H,5-6,9-11H2,1-2H3/t13-,14+/m1/s1. The van der Waals surface area contributed by atoms with Crippen LogP contribution in [-0.4, -0.2) is 57.4 Å². The van der Waals surface area contributed by atoms with Crippen LogP contribution in [0, 0.1) is 5.92 Å². The quantitative estimate of drug-likeness (QED) is 0.876. The molecule has 1 N–H and O–H groups in total. The summed E-state index contributed by atoms with van der Waals surface area (Å²) in [5.74, 6) is 0.363. The number of hydrogen-bond acceptors (Lipinski definition) is 4. The number of fused-ring (bicyclic) bond motifs is 4. The Morgan fingerprint density at radius 2 is 1.87 bits per heavy atom. The minimum atomic E-state index is -3.39. The number of rotatable bonds is 4. The Bertz CT molecular complexity index is 687. The molecule has 1 aromatic carbocycles. The van der Waals surface area contributed by atoms with Crippen LogP contribution < -0.4 is 4.72 Å². The molecule has 1 amide bonds. The van der Waals surface area contributed by atoms with Gasteiger partial charge in [0.05, 0.1) is 10.8 Å². The number of piperidine rings is 1. The summed E-state index contributed by atoms with van der Waals surface area (Å²) in [6, 6.07) is 7.26. The Morgan fingerprint density at radius 1 is 1.17 bits per heavy atom. The second kappa shape index (κ2) is 6.22. The number of hydrogen-bond donors (Lipinski definition) is 1. The number of benzene rings is 1. The zero-order valence-electron chi connectivity index (χ0n) is 13.5. The average Bonchev–Trinajstić information content (AvgIpc) is 2.81. The van der Waals surface area contributed by atoms with E-state index < -0.39 is 10.0 Å². The molecule has 0 unspecified atom stereocenters. The maximum Gasteiger partial charge on any atom is 0.240 e. The van der Waals surface area contributed by atoms with Crippen LogP contribution in [0.2, 0.25) is 0 Å². The van der Waals surface area contributed by atoms with Crippen LogP contribution >= 0.6 is 0 Å². The number of amides is 1. The lowest BCUT2D eigenvalue weighted by atomic mass is 9.95. The van der Waals surface area contributed by atoms with Crippen molar-refractivity contribution in [2.75, 3.05) is 27.2 Å². The highest BCUT2D eigenvalue weighted by Crippen LogP contribution is 2.28. The van der Waals surface area contributed by atoms with Crippen molar-refractivity contribution in [2.24, 2.45) is 5.92 Å². The van der Waals surface area contributed by atoms with E-state index in [-0.39, 0.29) is 16.7 Å². The molecule has 23 heavy (non-hydrogen) atoms. The maximum absolute atomic E-state index is 12.2. The van der Waals surface area contributed by atoms with Crippen molar-refractivity contribution < 1.29 is 13.2 Å². The smallest absolute Gasteiger partial charge is 0.240 e. The molecule has 0 aliphatic carbocycles. The lowest BCUT2D eigenvalue weighted by Gasteiger charge is -2.32. The van der Waals surface area contributed by atoms with E-state index in [4.69, 9.17) is 0 Å². The fourth-order valence-electron chi connectivity index (χ4n) is 3.53. The zero-order valence-corrected chi connectivity index (χ0v) is 14.3. The first-order valence-corrected chi connectivity index (χ1v) is 9.40. The Morgan fingerprint density at radius 3 is 2.52 bits per heavy atom. The molecular weight excluding hydrogens is 314 g/mol. The molecular formula is C16H23N3O3S. The van der Waals surface area contributed by atoms with Crippen molar-refractivity contribution in [1.29, 1.82) is 0 Å². The fraction of sp³-hybridized carbons (Fsp3) is 0.562. The second-order valence-electron chi connectivity index (χ2n) is 6.42. The van der Waals surface area contributed by atoms with Gasteiger partial charge in [0, 0.05) is 32.7 Å². The molecule has 7 heteroatoms. The SMILES string of the molecule is CNS(=O)(=O)c1ccc(CN2C[C@H]3CC[C@@H](C2)N(C)C3=O)cc1. The highest BCUT2D eigenvalue weighted by Gasteiger charge is 2.38. The summed E-state index contributed by atoms with van der Waals surface area (Å²) >= 11 is 0. The van der Waals surface area contributed by atoms with Crippen LogP contribution in [0.4, 0.5) is 0 Å². The summed E-state index contributed by atoms with van der Waals surface area (Å²) in [5, 5.41) is 0. The molecule has 126 valence electrons. The zero-order chi connectivity index (χ0) is 16.6. The molecule has 0 aromatic heterocycles. The Balaban J connectivity index is 1.72. The summed E-state index contributed by atoms with van der Waals surface area (Å²) in [5.41, 5.74) is 1.07. The molecule has 0 saturated carbocycles. The molecule has 0 spiro atoms. The van der Waals surface area contributed by atoms with Gasteiger partial charge in [0.1, 0.15) is 0 Å². The Hall–Kier alpha value is -1.44. The molecule has 0 radical (unpaired) electrons. The molecule has 6 nitrogen and oxygen atoms in total. The summed E-state index contributed by atoms with van der Waals surface area (Å²) in [6.07, 6.45) is 2.05. The molecule has 4 rings (SSSR count). The second-order valence-corrected chi connectivity index (χ2v) is 8.31. The van der Waals surface area contributed by atoms with E-state index in [0.29, 0.717) is 6.04 Å². The van der Waals surface area contributed by atoms with E-state index >= 15 is 0 Å². The number of nitrogens with zero attached hydrogens (tertiary/aromatic N) is 2. The van der Waals surface area contributed by atoms with Gasteiger partial charge in [-0.3, -0.25) is 9.69 Å². The third kappa shape index (κ3) is 3.27. The monoisotopic (exact) mass is 337 g/mol. The minimum absolute atomic E-state index is 0.0997. The van der Waals surface area contributed by atoms with Crippen molar-refractivity contribution in [3.8, 4) is 0 Å². The number of sulfonamides is 1. The number of carbonyl (C=O) groups is 1. The average molecular weight is 337 g/mol. The van der Waals surface area contributed by atoms with Crippen LogP contribution in [-0.2, 0) is 21.4 Å². The number of nitrogens with one attached hydrogen (secondary N) is 1. The lowest BCUT2D eigenvalue weighted by molar-refractivity contribution is -0.138. The van der Waals surface area contributed by atoms with Gasteiger partial charge in [0.25, 0.3) is 0 Å². The van der Waals surface area contributed by atoms with Gasteiger partial charge in [-0.2, -0.15) is 0 Å². The summed E-state index contributed by atoms with van der Waals surface area (Å²) < 4.78 is 25.8. The molecule has 1 aromatic rings. The fourth-order valence-corrected chi connectivity index (χ4v) is 4.26. The summed E-state index contributed by atoms with van der Waals surface area (Å²) in [4.78, 5) is 16.7. The molecule has 2 atom stereocenters. The van der Waals surface area contributed by atoms with Gasteiger partial charge in [-0.15, -0.1) is 0 Å². The topological polar surface area (TPSA) is 69.7 Å². The van der Waals surface area contributed by atoms with E-state index in [1.807, 2.05) is 24.1 Å². The van der Waals surface area contributed by atoms with Gasteiger partial charge in [-0.25, -0.2) is 13.1 Å². The lowest BCUT2D eigenvalue weighted by Crippen LogP contribution is -2.45. The minimum Gasteiger partial charge on any atom is -0.341 e. The van der Waals surface area contributed by atoms with Gasteiger partial charge in [0.2, 0.25) is 15.9 Å². The van der Waals surface area contributed by atoms with Gasteiger partial charge < -0.3 is 4.90 Å². The first-order chi connectivity index (χ1) is 10.9. The van der Waals surface area contributed by atoms with Gasteiger partial charge in [0.15, 0.2) is 0 Å². The third-order valence-electron chi connectivity index (χ3n) is 4.95. The third-order valence-corrected chi connectivity index (χ3v) is 6.38. The van der Waals surface area contributed by atoms with Crippen molar-refractivity contribution in [3.05, 3.63) is 29.8 Å². The van der Waals surface area contributed by atoms with Crippen molar-refractivity contribution in [1.82, 2.24) is 14.5 Å². The molecule has 3 aliphatic rings. The summed E-state index contributed by atoms with van der Waals surface area (Å²) in [6.45, 7) is 2.42. The van der Waals surface area contributed by atoms with E-state index in [0.717, 1.165) is 38.0 Å². The number of carbonyl (C=O) groups excluding carboxylic acids is 1. The van der Waals surface area contributed by atoms with E-state index in [1.54, 1.807) is 12.1 Å².